The Labute approximate surface area is 161 Å². The molecule has 0 radical (unpaired) electrons. The summed E-state index contributed by atoms with van der Waals surface area (Å²) < 4.78 is 0. The minimum Gasteiger partial charge on any atom is -0.339 e. The highest BCUT2D eigenvalue weighted by Crippen LogP contribution is 2.28. The van der Waals surface area contributed by atoms with Gasteiger partial charge in [0.25, 0.3) is 0 Å². The molecule has 142 valence electrons. The third-order valence-corrected chi connectivity index (χ3v) is 5.03. The Morgan fingerprint density at radius 2 is 1.15 bits per heavy atom. The molecule has 4 heteroatoms. The second kappa shape index (κ2) is 7.95. The molecule has 3 rings (SSSR count). The average molecular weight is 364 g/mol. The molecular weight excluding hydrogens is 336 g/mol. The van der Waals surface area contributed by atoms with Gasteiger partial charge in [0.1, 0.15) is 0 Å². The molecule has 1 aliphatic rings. The van der Waals surface area contributed by atoms with Crippen molar-refractivity contribution in [3.8, 4) is 0 Å². The Morgan fingerprint density at radius 1 is 0.741 bits per heavy atom. The summed E-state index contributed by atoms with van der Waals surface area (Å²) in [6.07, 6.45) is 0. The Balaban J connectivity index is 1.77. The van der Waals surface area contributed by atoms with Crippen LogP contribution in [0.15, 0.2) is 60.7 Å². The van der Waals surface area contributed by atoms with E-state index in [2.05, 4.69) is 0 Å². The molecule has 0 aliphatic carbocycles. The Hall–Kier alpha value is -2.62. The van der Waals surface area contributed by atoms with Crippen LogP contribution >= 0.6 is 0 Å². The number of hydrogen-bond acceptors (Lipinski definition) is 2. The zero-order valence-electron chi connectivity index (χ0n) is 16.4. The highest BCUT2D eigenvalue weighted by atomic mass is 16.2. The van der Waals surface area contributed by atoms with Gasteiger partial charge in [0, 0.05) is 31.6 Å². The van der Waals surface area contributed by atoms with Gasteiger partial charge in [0.2, 0.25) is 11.8 Å². The van der Waals surface area contributed by atoms with E-state index in [9.17, 15) is 9.59 Å². The minimum absolute atomic E-state index is 0.107. The first-order valence-electron chi connectivity index (χ1n) is 9.56. The van der Waals surface area contributed by atoms with E-state index in [0.29, 0.717) is 26.2 Å². The summed E-state index contributed by atoms with van der Waals surface area (Å²) in [7, 11) is 0. The fourth-order valence-corrected chi connectivity index (χ4v) is 3.56. The number of rotatable bonds is 3. The Morgan fingerprint density at radius 3 is 1.56 bits per heavy atom. The third-order valence-electron chi connectivity index (χ3n) is 5.03. The van der Waals surface area contributed by atoms with E-state index in [1.807, 2.05) is 91.2 Å². The summed E-state index contributed by atoms with van der Waals surface area (Å²) >= 11 is 0. The third kappa shape index (κ3) is 4.38. The monoisotopic (exact) mass is 364 g/mol. The van der Waals surface area contributed by atoms with Crippen LogP contribution in [-0.4, -0.2) is 47.8 Å². The predicted molar refractivity (Wildman–Crippen MR) is 107 cm³/mol. The molecular formula is C23H28N2O2. The zero-order chi connectivity index (χ0) is 19.4. The second-order valence-electron chi connectivity index (χ2n) is 8.12. The maximum atomic E-state index is 13.4. The fourth-order valence-electron chi connectivity index (χ4n) is 3.56. The molecule has 27 heavy (non-hydrogen) atoms. The van der Waals surface area contributed by atoms with E-state index in [-0.39, 0.29) is 23.1 Å². The van der Waals surface area contributed by atoms with Crippen molar-refractivity contribution in [1.29, 1.82) is 0 Å². The molecule has 0 unspecified atom stereocenters. The predicted octanol–water partition coefficient (Wildman–Crippen LogP) is 3.54. The van der Waals surface area contributed by atoms with Gasteiger partial charge in [0.05, 0.1) is 5.92 Å². The summed E-state index contributed by atoms with van der Waals surface area (Å²) in [6, 6.07) is 19.8. The van der Waals surface area contributed by atoms with Crippen molar-refractivity contribution in [2.24, 2.45) is 5.41 Å². The number of carbonyl (C=O) groups is 2. The van der Waals surface area contributed by atoms with Crippen LogP contribution in [0.3, 0.4) is 0 Å². The molecule has 0 spiro atoms. The molecule has 0 saturated carbocycles. The summed E-state index contributed by atoms with van der Waals surface area (Å²) in [6.45, 7) is 8.17. The Bertz CT molecular complexity index is 734. The first-order chi connectivity index (χ1) is 12.9. The zero-order valence-corrected chi connectivity index (χ0v) is 16.4. The van der Waals surface area contributed by atoms with Gasteiger partial charge in [-0.2, -0.15) is 0 Å². The number of nitrogens with zero attached hydrogens (tertiary/aromatic N) is 2. The number of piperazine rings is 1. The molecule has 1 saturated heterocycles. The van der Waals surface area contributed by atoms with Crippen LogP contribution in [0.25, 0.3) is 0 Å². The van der Waals surface area contributed by atoms with Crippen LogP contribution in [0.5, 0.6) is 0 Å². The number of carbonyl (C=O) groups excluding carboxylic acids is 2. The lowest BCUT2D eigenvalue weighted by molar-refractivity contribution is -0.145. The molecule has 0 bridgehead atoms. The molecule has 2 aromatic carbocycles. The van der Waals surface area contributed by atoms with Gasteiger partial charge in [0.15, 0.2) is 0 Å². The van der Waals surface area contributed by atoms with Gasteiger partial charge in [-0.05, 0) is 11.1 Å². The lowest BCUT2D eigenvalue weighted by atomic mass is 9.89. The largest absolute Gasteiger partial charge is 0.339 e. The van der Waals surface area contributed by atoms with Crippen LogP contribution < -0.4 is 0 Å². The molecule has 1 aliphatic heterocycles. The number of benzene rings is 2. The molecule has 0 aromatic heterocycles. The van der Waals surface area contributed by atoms with Crippen molar-refractivity contribution in [1.82, 2.24) is 9.80 Å². The molecule has 1 fully saturated rings. The van der Waals surface area contributed by atoms with Crippen LogP contribution in [0.4, 0.5) is 0 Å². The van der Waals surface area contributed by atoms with Crippen LogP contribution in [0.1, 0.15) is 37.8 Å². The van der Waals surface area contributed by atoms with E-state index in [1.165, 1.54) is 0 Å². The second-order valence-corrected chi connectivity index (χ2v) is 8.12. The number of hydrogen-bond donors (Lipinski definition) is 0. The highest BCUT2D eigenvalue weighted by Gasteiger charge is 2.33. The molecule has 1 heterocycles. The first-order valence-corrected chi connectivity index (χ1v) is 9.56. The SMILES string of the molecule is CC(C)(C)C(=O)N1CCN(C(=O)C(c2ccccc2)c2ccccc2)CC1. The molecule has 0 atom stereocenters. The summed E-state index contributed by atoms with van der Waals surface area (Å²) in [5, 5.41) is 0. The van der Waals surface area contributed by atoms with E-state index >= 15 is 0 Å². The van der Waals surface area contributed by atoms with Crippen molar-refractivity contribution in [3.63, 3.8) is 0 Å². The van der Waals surface area contributed by atoms with Gasteiger partial charge in [-0.25, -0.2) is 0 Å². The van der Waals surface area contributed by atoms with Crippen LogP contribution in [-0.2, 0) is 9.59 Å². The quantitative estimate of drug-likeness (QED) is 0.836. The smallest absolute Gasteiger partial charge is 0.234 e. The highest BCUT2D eigenvalue weighted by molar-refractivity contribution is 5.88. The lowest BCUT2D eigenvalue weighted by Gasteiger charge is -2.39. The Kier molecular flexibility index (Phi) is 5.64. The summed E-state index contributed by atoms with van der Waals surface area (Å²) in [4.78, 5) is 29.7. The topological polar surface area (TPSA) is 40.6 Å². The molecule has 2 aromatic rings. The maximum absolute atomic E-state index is 13.4. The van der Waals surface area contributed by atoms with Crippen LogP contribution in [0.2, 0.25) is 0 Å². The average Bonchev–Trinajstić information content (AvgIpc) is 2.68. The summed E-state index contributed by atoms with van der Waals surface area (Å²) in [5.74, 6) is -0.0511. The lowest BCUT2D eigenvalue weighted by Crippen LogP contribution is -2.53. The van der Waals surface area contributed by atoms with Gasteiger partial charge in [-0.3, -0.25) is 9.59 Å². The minimum atomic E-state index is -0.386. The maximum Gasteiger partial charge on any atom is 0.234 e. The normalized spacial score (nSPS) is 15.1. The van der Waals surface area contributed by atoms with Crippen molar-refractivity contribution < 1.29 is 9.59 Å². The van der Waals surface area contributed by atoms with Crippen molar-refractivity contribution >= 4 is 11.8 Å². The standard InChI is InChI=1S/C23H28N2O2/c1-23(2,3)22(27)25-16-14-24(15-17-25)21(26)20(18-10-6-4-7-11-18)19-12-8-5-9-13-19/h4-13,20H,14-17H2,1-3H3. The van der Waals surface area contributed by atoms with E-state index in [0.717, 1.165) is 11.1 Å². The molecule has 0 N–H and O–H groups in total. The van der Waals surface area contributed by atoms with E-state index < -0.39 is 0 Å². The van der Waals surface area contributed by atoms with Gasteiger partial charge in [-0.15, -0.1) is 0 Å². The van der Waals surface area contributed by atoms with Gasteiger partial charge in [-0.1, -0.05) is 81.4 Å². The van der Waals surface area contributed by atoms with Crippen LogP contribution in [0, 0.1) is 5.41 Å². The van der Waals surface area contributed by atoms with Crippen molar-refractivity contribution in [2.75, 3.05) is 26.2 Å². The molecule has 2 amide bonds. The first kappa shape index (κ1) is 19.2. The van der Waals surface area contributed by atoms with Gasteiger partial charge >= 0.3 is 0 Å². The van der Waals surface area contributed by atoms with E-state index in [1.54, 1.807) is 0 Å². The van der Waals surface area contributed by atoms with Crippen molar-refractivity contribution in [2.45, 2.75) is 26.7 Å². The van der Waals surface area contributed by atoms with E-state index in [4.69, 9.17) is 0 Å². The summed E-state index contributed by atoms with van der Waals surface area (Å²) in [5.41, 5.74) is 1.62. The number of amides is 2. The fraction of sp³-hybridized carbons (Fsp3) is 0.391. The van der Waals surface area contributed by atoms with Crippen molar-refractivity contribution in [3.05, 3.63) is 71.8 Å². The van der Waals surface area contributed by atoms with Gasteiger partial charge < -0.3 is 9.80 Å². The molecule has 4 nitrogen and oxygen atoms in total.